The van der Waals surface area contributed by atoms with Crippen molar-refractivity contribution in [3.63, 3.8) is 0 Å². The first-order valence-electron chi connectivity index (χ1n) is 8.62. The number of nitrogens with two attached hydrogens (primary N) is 1. The maximum Gasteiger partial charge on any atom is 0.341 e. The van der Waals surface area contributed by atoms with Crippen molar-refractivity contribution in [2.45, 2.75) is 13.3 Å². The number of hydrogen-bond acceptors (Lipinski definition) is 6. The third-order valence-electron chi connectivity index (χ3n) is 3.86. The zero-order valence-electron chi connectivity index (χ0n) is 15.4. The van der Waals surface area contributed by atoms with E-state index in [0.29, 0.717) is 24.7 Å². The molecule has 8 heteroatoms. The van der Waals surface area contributed by atoms with Crippen LogP contribution in [0.4, 0.5) is 0 Å². The Morgan fingerprint density at radius 2 is 1.82 bits per heavy atom. The second-order valence-corrected chi connectivity index (χ2v) is 6.07. The lowest BCUT2D eigenvalue weighted by Crippen LogP contribution is -2.11. The highest BCUT2D eigenvalue weighted by atomic mass is 35.5. The normalized spacial score (nSPS) is 10.4. The molecule has 1 heterocycles. The minimum absolute atomic E-state index is 0. The number of halogens is 1. The van der Waals surface area contributed by atoms with E-state index in [1.54, 1.807) is 6.07 Å². The van der Waals surface area contributed by atoms with Gasteiger partial charge in [-0.15, -0.1) is 12.4 Å². The smallest absolute Gasteiger partial charge is 0.341 e. The van der Waals surface area contributed by atoms with Crippen LogP contribution in [0.25, 0.3) is 22.2 Å². The van der Waals surface area contributed by atoms with Crippen molar-refractivity contribution >= 4 is 29.1 Å². The number of hydrogen-bond donors (Lipinski definition) is 2. The van der Waals surface area contributed by atoms with Crippen molar-refractivity contribution < 1.29 is 19.4 Å². The minimum atomic E-state index is -1.05. The maximum absolute atomic E-state index is 10.7. The lowest BCUT2D eigenvalue weighted by molar-refractivity contribution is -0.139. The van der Waals surface area contributed by atoms with Crippen LogP contribution in [0.1, 0.15) is 12.1 Å². The Morgan fingerprint density at radius 1 is 1.07 bits per heavy atom. The van der Waals surface area contributed by atoms with Gasteiger partial charge in [0, 0.05) is 17.3 Å². The van der Waals surface area contributed by atoms with Crippen LogP contribution in [0, 0.1) is 6.92 Å². The topological polar surface area (TPSA) is 108 Å². The van der Waals surface area contributed by atoms with Gasteiger partial charge in [0.25, 0.3) is 0 Å². The number of rotatable bonds is 8. The second-order valence-electron chi connectivity index (χ2n) is 6.07. The fourth-order valence-corrected chi connectivity index (χ4v) is 2.60. The number of benzene rings is 2. The van der Waals surface area contributed by atoms with Crippen LogP contribution in [0.2, 0.25) is 0 Å². The van der Waals surface area contributed by atoms with Crippen molar-refractivity contribution in [3.8, 4) is 23.0 Å². The third-order valence-corrected chi connectivity index (χ3v) is 3.86. The van der Waals surface area contributed by atoms with E-state index in [0.717, 1.165) is 28.5 Å². The van der Waals surface area contributed by atoms with E-state index in [1.165, 1.54) is 0 Å². The molecule has 0 saturated carbocycles. The van der Waals surface area contributed by atoms with Gasteiger partial charge in [-0.2, -0.15) is 4.98 Å². The molecule has 0 aliphatic carbocycles. The van der Waals surface area contributed by atoms with E-state index < -0.39 is 12.6 Å². The van der Waals surface area contributed by atoms with Crippen molar-refractivity contribution in [1.82, 2.24) is 9.97 Å². The van der Waals surface area contributed by atoms with Gasteiger partial charge in [0.15, 0.2) is 12.4 Å². The molecule has 2 aromatic carbocycles. The number of carboxylic acid groups (broad SMARTS) is 1. The van der Waals surface area contributed by atoms with Gasteiger partial charge < -0.3 is 20.3 Å². The number of aliphatic carboxylic acids is 1. The average molecular weight is 404 g/mol. The molecule has 0 spiro atoms. The molecule has 148 valence electrons. The number of aryl methyl sites for hydroxylation is 1. The number of carboxylic acids is 1. The summed E-state index contributed by atoms with van der Waals surface area (Å²) in [6.07, 6.45) is 0.813. The molecule has 1 aromatic heterocycles. The Hall–Kier alpha value is -2.90. The first kappa shape index (κ1) is 21.4. The SMILES string of the molecule is Cc1cc(OCC(=O)O)nc(-c2ccc3cc(OCCCN)ccc3c2)n1.Cl. The van der Waals surface area contributed by atoms with Gasteiger partial charge in [-0.05, 0) is 48.9 Å². The van der Waals surface area contributed by atoms with Gasteiger partial charge in [-0.1, -0.05) is 18.2 Å². The predicted octanol–water partition coefficient (Wildman–Crippen LogP) is 3.22. The summed E-state index contributed by atoms with van der Waals surface area (Å²) < 4.78 is 10.9. The molecule has 3 N–H and O–H groups in total. The van der Waals surface area contributed by atoms with E-state index in [2.05, 4.69) is 9.97 Å². The lowest BCUT2D eigenvalue weighted by Gasteiger charge is -2.09. The summed E-state index contributed by atoms with van der Waals surface area (Å²) >= 11 is 0. The van der Waals surface area contributed by atoms with Crippen LogP contribution in [0.5, 0.6) is 11.6 Å². The molecule has 0 bridgehead atoms. The summed E-state index contributed by atoms with van der Waals surface area (Å²) in [5.74, 6) is 0.479. The lowest BCUT2D eigenvalue weighted by atomic mass is 10.1. The Balaban J connectivity index is 0.00000280. The van der Waals surface area contributed by atoms with E-state index in [4.69, 9.17) is 20.3 Å². The zero-order chi connectivity index (χ0) is 19.2. The van der Waals surface area contributed by atoms with Crippen LogP contribution in [-0.4, -0.2) is 40.8 Å². The number of ether oxygens (including phenoxy) is 2. The first-order valence-corrected chi connectivity index (χ1v) is 8.62. The van der Waals surface area contributed by atoms with Crippen LogP contribution in [0.15, 0.2) is 42.5 Å². The number of carbonyl (C=O) groups is 1. The van der Waals surface area contributed by atoms with Crippen molar-refractivity contribution in [3.05, 3.63) is 48.2 Å². The third kappa shape index (κ3) is 5.55. The Labute approximate surface area is 168 Å². The summed E-state index contributed by atoms with van der Waals surface area (Å²) in [6, 6.07) is 13.4. The van der Waals surface area contributed by atoms with Crippen LogP contribution >= 0.6 is 12.4 Å². The molecule has 0 amide bonds. The van der Waals surface area contributed by atoms with Gasteiger partial charge in [0.05, 0.1) is 6.61 Å². The maximum atomic E-state index is 10.7. The minimum Gasteiger partial charge on any atom is -0.494 e. The molecule has 3 aromatic rings. The molecule has 0 aliphatic rings. The Bertz CT molecular complexity index is 965. The molecule has 3 rings (SSSR count). The quantitative estimate of drug-likeness (QED) is 0.556. The second kappa shape index (κ2) is 9.87. The molecule has 0 radical (unpaired) electrons. The molecular formula is C20H22ClN3O4. The highest BCUT2D eigenvalue weighted by Gasteiger charge is 2.09. The fraction of sp³-hybridized carbons (Fsp3) is 0.250. The van der Waals surface area contributed by atoms with Gasteiger partial charge in [0.1, 0.15) is 5.75 Å². The predicted molar refractivity (Wildman–Crippen MR) is 109 cm³/mol. The van der Waals surface area contributed by atoms with E-state index >= 15 is 0 Å². The average Bonchev–Trinajstić information content (AvgIpc) is 2.65. The monoisotopic (exact) mass is 403 g/mol. The molecule has 0 fully saturated rings. The molecule has 7 nitrogen and oxygen atoms in total. The highest BCUT2D eigenvalue weighted by Crippen LogP contribution is 2.26. The number of fused-ring (bicyclic) bond motifs is 1. The highest BCUT2D eigenvalue weighted by molar-refractivity contribution is 5.87. The molecule has 0 aliphatic heterocycles. The van der Waals surface area contributed by atoms with Gasteiger partial charge >= 0.3 is 5.97 Å². The van der Waals surface area contributed by atoms with Crippen molar-refractivity contribution in [2.24, 2.45) is 5.73 Å². The summed E-state index contributed by atoms with van der Waals surface area (Å²) in [7, 11) is 0. The van der Waals surface area contributed by atoms with Gasteiger partial charge in [0.2, 0.25) is 5.88 Å². The molecule has 0 saturated heterocycles. The van der Waals surface area contributed by atoms with Crippen LogP contribution in [0.3, 0.4) is 0 Å². The fourth-order valence-electron chi connectivity index (χ4n) is 2.60. The standard InChI is InChI=1S/C20H21N3O4.ClH/c1-13-9-18(27-12-19(24)25)23-20(22-13)16-4-3-15-11-17(26-8-2-7-21)6-5-14(15)10-16;/h3-6,9-11H,2,7-8,12,21H2,1H3,(H,24,25);1H. The van der Waals surface area contributed by atoms with Crippen molar-refractivity contribution in [1.29, 1.82) is 0 Å². The number of nitrogens with zero attached hydrogens (tertiary/aromatic N) is 2. The van der Waals surface area contributed by atoms with E-state index in [9.17, 15) is 4.79 Å². The van der Waals surface area contributed by atoms with E-state index in [1.807, 2.05) is 43.3 Å². The van der Waals surface area contributed by atoms with Crippen LogP contribution in [-0.2, 0) is 4.79 Å². The molecule has 28 heavy (non-hydrogen) atoms. The molecule has 0 unspecified atom stereocenters. The first-order chi connectivity index (χ1) is 13.0. The summed E-state index contributed by atoms with van der Waals surface area (Å²) in [5, 5.41) is 10.8. The molecular weight excluding hydrogens is 382 g/mol. The summed E-state index contributed by atoms with van der Waals surface area (Å²) in [6.45, 7) is 2.56. The number of aromatic nitrogens is 2. The largest absolute Gasteiger partial charge is 0.494 e. The van der Waals surface area contributed by atoms with Crippen LogP contribution < -0.4 is 15.2 Å². The van der Waals surface area contributed by atoms with Gasteiger partial charge in [-0.25, -0.2) is 9.78 Å². The summed E-state index contributed by atoms with van der Waals surface area (Å²) in [4.78, 5) is 19.4. The van der Waals surface area contributed by atoms with Crippen molar-refractivity contribution in [2.75, 3.05) is 19.8 Å². The zero-order valence-corrected chi connectivity index (χ0v) is 16.2. The molecule has 0 atom stereocenters. The van der Waals surface area contributed by atoms with Gasteiger partial charge in [-0.3, -0.25) is 0 Å². The Kier molecular flexibility index (Phi) is 7.54. The Morgan fingerprint density at radius 3 is 2.57 bits per heavy atom. The summed E-state index contributed by atoms with van der Waals surface area (Å²) in [5.41, 5.74) is 7.00. The van der Waals surface area contributed by atoms with E-state index in [-0.39, 0.29) is 18.3 Å².